The van der Waals surface area contributed by atoms with Crippen LogP contribution in [0.5, 0.6) is 0 Å². The highest BCUT2D eigenvalue weighted by atomic mass is 19.1. The van der Waals surface area contributed by atoms with E-state index in [2.05, 4.69) is 15.2 Å². The van der Waals surface area contributed by atoms with Crippen molar-refractivity contribution in [2.75, 3.05) is 38.5 Å². The molecule has 0 bridgehead atoms. The Hall–Kier alpha value is -2.47. The maximum Gasteiger partial charge on any atom is 0.272 e. The van der Waals surface area contributed by atoms with Gasteiger partial charge in [-0.05, 0) is 43.4 Å². The number of nitrogens with zero attached hydrogens (tertiary/aromatic N) is 3. The fourth-order valence-corrected chi connectivity index (χ4v) is 2.50. The molecule has 23 heavy (non-hydrogen) atoms. The third-order valence-electron chi connectivity index (χ3n) is 3.90. The van der Waals surface area contributed by atoms with Gasteiger partial charge in [0.1, 0.15) is 11.5 Å². The summed E-state index contributed by atoms with van der Waals surface area (Å²) in [4.78, 5) is 20.7. The molecule has 1 N–H and O–H groups in total. The first-order valence-corrected chi connectivity index (χ1v) is 7.58. The minimum absolute atomic E-state index is 0.0548. The maximum atomic E-state index is 12.9. The van der Waals surface area contributed by atoms with Crippen LogP contribution in [-0.2, 0) is 0 Å². The van der Waals surface area contributed by atoms with Crippen molar-refractivity contribution in [1.29, 1.82) is 0 Å². The van der Waals surface area contributed by atoms with E-state index in [1.54, 1.807) is 30.5 Å². The van der Waals surface area contributed by atoms with E-state index in [1.807, 2.05) is 11.9 Å². The van der Waals surface area contributed by atoms with Crippen LogP contribution in [0.2, 0.25) is 0 Å². The number of benzene rings is 1. The first kappa shape index (κ1) is 15.4. The molecule has 120 valence electrons. The summed E-state index contributed by atoms with van der Waals surface area (Å²) in [6.07, 6.45) is 1.61. The van der Waals surface area contributed by atoms with Crippen molar-refractivity contribution in [2.24, 2.45) is 0 Å². The molecule has 1 amide bonds. The number of piperazine rings is 1. The number of amides is 1. The number of anilines is 2. The van der Waals surface area contributed by atoms with Crippen LogP contribution in [0.3, 0.4) is 0 Å². The van der Waals surface area contributed by atoms with Gasteiger partial charge in [-0.2, -0.15) is 0 Å². The average molecular weight is 314 g/mol. The first-order chi connectivity index (χ1) is 11.1. The van der Waals surface area contributed by atoms with Crippen molar-refractivity contribution in [3.63, 3.8) is 0 Å². The molecule has 1 aliphatic rings. The Morgan fingerprint density at radius 3 is 2.48 bits per heavy atom. The van der Waals surface area contributed by atoms with Crippen molar-refractivity contribution in [1.82, 2.24) is 14.8 Å². The van der Waals surface area contributed by atoms with Gasteiger partial charge in [-0.3, -0.25) is 9.78 Å². The van der Waals surface area contributed by atoms with Gasteiger partial charge in [0.2, 0.25) is 0 Å². The monoisotopic (exact) mass is 314 g/mol. The van der Waals surface area contributed by atoms with Gasteiger partial charge in [0.25, 0.3) is 5.91 Å². The molecule has 5 nitrogen and oxygen atoms in total. The molecule has 2 aromatic rings. The Balaban J connectivity index is 1.71. The molecule has 0 atom stereocenters. The lowest BCUT2D eigenvalue weighted by atomic mass is 10.2. The molecule has 1 aromatic carbocycles. The summed E-state index contributed by atoms with van der Waals surface area (Å²) in [5.41, 5.74) is 1.93. The predicted octanol–water partition coefficient (Wildman–Crippen LogP) is 2.35. The molecule has 6 heteroatoms. The Labute approximate surface area is 134 Å². The highest BCUT2D eigenvalue weighted by Crippen LogP contribution is 2.18. The highest BCUT2D eigenvalue weighted by molar-refractivity contribution is 5.93. The minimum atomic E-state index is -0.281. The van der Waals surface area contributed by atoms with Crippen molar-refractivity contribution >= 4 is 17.3 Å². The number of aromatic nitrogens is 1. The molecule has 2 heterocycles. The molecule has 1 saturated heterocycles. The van der Waals surface area contributed by atoms with E-state index in [-0.39, 0.29) is 11.7 Å². The van der Waals surface area contributed by atoms with Gasteiger partial charge in [0, 0.05) is 43.8 Å². The zero-order valence-corrected chi connectivity index (χ0v) is 13.0. The first-order valence-electron chi connectivity index (χ1n) is 7.58. The third-order valence-corrected chi connectivity index (χ3v) is 3.90. The number of halogens is 1. The highest BCUT2D eigenvalue weighted by Gasteiger charge is 2.21. The number of nitrogens with one attached hydrogen (secondary N) is 1. The lowest BCUT2D eigenvalue weighted by molar-refractivity contribution is 0.0658. The number of pyridine rings is 1. The second-order valence-electron chi connectivity index (χ2n) is 5.66. The van der Waals surface area contributed by atoms with Gasteiger partial charge in [0.15, 0.2) is 0 Å². The van der Waals surface area contributed by atoms with Gasteiger partial charge in [-0.15, -0.1) is 0 Å². The molecule has 0 aliphatic carbocycles. The SMILES string of the molecule is CN1CCN(C(=O)c2cc(Nc3ccc(F)cc3)ccn2)CC1. The Bertz CT molecular complexity index is 681. The van der Waals surface area contributed by atoms with Gasteiger partial charge < -0.3 is 15.1 Å². The fourth-order valence-electron chi connectivity index (χ4n) is 2.50. The fraction of sp³-hybridized carbons (Fsp3) is 0.294. The zero-order chi connectivity index (χ0) is 16.2. The second kappa shape index (κ2) is 6.75. The summed E-state index contributed by atoms with van der Waals surface area (Å²) in [5, 5.41) is 3.15. The number of rotatable bonds is 3. The summed E-state index contributed by atoms with van der Waals surface area (Å²) in [5.74, 6) is -0.336. The van der Waals surface area contributed by atoms with E-state index in [0.717, 1.165) is 24.5 Å². The van der Waals surface area contributed by atoms with Crippen LogP contribution < -0.4 is 5.32 Å². The van der Waals surface area contributed by atoms with Gasteiger partial charge in [-0.1, -0.05) is 0 Å². The van der Waals surface area contributed by atoms with Crippen LogP contribution in [0.4, 0.5) is 15.8 Å². The maximum absolute atomic E-state index is 12.9. The molecule has 1 aliphatic heterocycles. The number of hydrogen-bond acceptors (Lipinski definition) is 4. The van der Waals surface area contributed by atoms with E-state index < -0.39 is 0 Å². The van der Waals surface area contributed by atoms with Crippen molar-refractivity contribution in [2.45, 2.75) is 0 Å². The van der Waals surface area contributed by atoms with E-state index in [0.29, 0.717) is 18.8 Å². The number of carbonyl (C=O) groups is 1. The summed E-state index contributed by atoms with van der Waals surface area (Å²) in [7, 11) is 2.05. The molecule has 0 unspecified atom stereocenters. The van der Waals surface area contributed by atoms with E-state index in [1.165, 1.54) is 12.1 Å². The van der Waals surface area contributed by atoms with Crippen LogP contribution in [0.15, 0.2) is 42.6 Å². The molecule has 0 saturated carbocycles. The Morgan fingerprint density at radius 2 is 1.78 bits per heavy atom. The second-order valence-corrected chi connectivity index (χ2v) is 5.66. The van der Waals surface area contributed by atoms with Crippen molar-refractivity contribution in [3.8, 4) is 0 Å². The predicted molar refractivity (Wildman–Crippen MR) is 87.3 cm³/mol. The standard InChI is InChI=1S/C17H19FN4O/c1-21-8-10-22(11-9-21)17(23)16-12-15(6-7-19-16)20-14-4-2-13(18)3-5-14/h2-7,12H,8-11H2,1H3,(H,19,20). The van der Waals surface area contributed by atoms with E-state index in [9.17, 15) is 9.18 Å². The molecule has 0 spiro atoms. The largest absolute Gasteiger partial charge is 0.355 e. The molecule has 1 aromatic heterocycles. The summed E-state index contributed by atoms with van der Waals surface area (Å²) in [6, 6.07) is 9.59. The average Bonchev–Trinajstić information content (AvgIpc) is 2.57. The lowest BCUT2D eigenvalue weighted by Gasteiger charge is -2.32. The number of likely N-dealkylation sites (N-methyl/N-ethyl adjacent to an activating group) is 1. The Kier molecular flexibility index (Phi) is 4.52. The van der Waals surface area contributed by atoms with E-state index in [4.69, 9.17) is 0 Å². The Morgan fingerprint density at radius 1 is 1.09 bits per heavy atom. The van der Waals surface area contributed by atoms with Gasteiger partial charge in [-0.25, -0.2) is 4.39 Å². The van der Waals surface area contributed by atoms with Crippen LogP contribution in [0.25, 0.3) is 0 Å². The number of hydrogen-bond donors (Lipinski definition) is 1. The smallest absolute Gasteiger partial charge is 0.272 e. The van der Waals surface area contributed by atoms with Gasteiger partial charge >= 0.3 is 0 Å². The van der Waals surface area contributed by atoms with Crippen LogP contribution in [0, 0.1) is 5.82 Å². The molecular weight excluding hydrogens is 295 g/mol. The van der Waals surface area contributed by atoms with Crippen LogP contribution in [0.1, 0.15) is 10.5 Å². The molecule has 1 fully saturated rings. The quantitative estimate of drug-likeness (QED) is 0.945. The van der Waals surface area contributed by atoms with Crippen molar-refractivity contribution < 1.29 is 9.18 Å². The number of carbonyl (C=O) groups excluding carboxylic acids is 1. The van der Waals surface area contributed by atoms with Gasteiger partial charge in [0.05, 0.1) is 0 Å². The lowest BCUT2D eigenvalue weighted by Crippen LogP contribution is -2.47. The van der Waals surface area contributed by atoms with Crippen LogP contribution in [-0.4, -0.2) is 53.9 Å². The molecular formula is C17H19FN4O. The normalized spacial score (nSPS) is 15.5. The minimum Gasteiger partial charge on any atom is -0.355 e. The third kappa shape index (κ3) is 3.84. The molecule has 0 radical (unpaired) electrons. The summed E-state index contributed by atoms with van der Waals surface area (Å²) >= 11 is 0. The zero-order valence-electron chi connectivity index (χ0n) is 13.0. The molecule has 3 rings (SSSR count). The topological polar surface area (TPSA) is 48.5 Å². The summed E-state index contributed by atoms with van der Waals surface area (Å²) in [6.45, 7) is 3.18. The van der Waals surface area contributed by atoms with E-state index >= 15 is 0 Å². The van der Waals surface area contributed by atoms with Crippen LogP contribution >= 0.6 is 0 Å². The summed E-state index contributed by atoms with van der Waals surface area (Å²) < 4.78 is 12.9. The van der Waals surface area contributed by atoms with Crippen molar-refractivity contribution in [3.05, 3.63) is 54.1 Å².